The highest BCUT2D eigenvalue weighted by molar-refractivity contribution is 4.83. The minimum absolute atomic E-state index is 0.779. The third kappa shape index (κ3) is 6.29. The van der Waals surface area contributed by atoms with Crippen LogP contribution in [-0.2, 0) is 0 Å². The monoisotopic (exact) mass is 267 g/mol. The van der Waals surface area contributed by atoms with E-state index in [-0.39, 0.29) is 0 Å². The molecule has 1 aliphatic rings. The molecule has 19 heavy (non-hydrogen) atoms. The van der Waals surface area contributed by atoms with Crippen LogP contribution in [0, 0.1) is 17.8 Å². The van der Waals surface area contributed by atoms with Gasteiger partial charge in [-0.2, -0.15) is 0 Å². The van der Waals surface area contributed by atoms with E-state index in [0.717, 1.165) is 23.8 Å². The van der Waals surface area contributed by atoms with Crippen molar-refractivity contribution in [1.82, 2.24) is 5.32 Å². The first kappa shape index (κ1) is 17.0. The lowest BCUT2D eigenvalue weighted by Crippen LogP contribution is -2.37. The van der Waals surface area contributed by atoms with Crippen molar-refractivity contribution in [3.63, 3.8) is 0 Å². The van der Waals surface area contributed by atoms with Gasteiger partial charge in [0.05, 0.1) is 0 Å². The van der Waals surface area contributed by atoms with Crippen LogP contribution in [0.1, 0.15) is 85.0 Å². The van der Waals surface area contributed by atoms with Crippen molar-refractivity contribution < 1.29 is 0 Å². The van der Waals surface area contributed by atoms with Gasteiger partial charge in [0.15, 0.2) is 0 Å². The number of rotatable bonds is 9. The zero-order chi connectivity index (χ0) is 14.1. The van der Waals surface area contributed by atoms with Gasteiger partial charge in [-0.3, -0.25) is 0 Å². The third-order valence-corrected chi connectivity index (χ3v) is 5.45. The average Bonchev–Trinajstić information content (AvgIpc) is 2.41. The topological polar surface area (TPSA) is 12.0 Å². The Kier molecular flexibility index (Phi) is 8.77. The van der Waals surface area contributed by atoms with Crippen LogP contribution in [0.15, 0.2) is 0 Å². The van der Waals surface area contributed by atoms with Crippen molar-refractivity contribution in [1.29, 1.82) is 0 Å². The van der Waals surface area contributed by atoms with E-state index >= 15 is 0 Å². The molecule has 0 spiro atoms. The molecule has 0 radical (unpaired) electrons. The molecule has 114 valence electrons. The first-order chi connectivity index (χ1) is 9.19. The minimum Gasteiger partial charge on any atom is -0.317 e. The Labute approximate surface area is 121 Å². The quantitative estimate of drug-likeness (QED) is 0.552. The summed E-state index contributed by atoms with van der Waals surface area (Å²) in [5.74, 6) is 2.81. The van der Waals surface area contributed by atoms with Crippen molar-refractivity contribution in [2.24, 2.45) is 17.8 Å². The van der Waals surface area contributed by atoms with Crippen LogP contribution in [0.3, 0.4) is 0 Å². The summed E-state index contributed by atoms with van der Waals surface area (Å²) in [6, 6.07) is 0.779. The van der Waals surface area contributed by atoms with Crippen molar-refractivity contribution in [3.05, 3.63) is 0 Å². The van der Waals surface area contributed by atoms with Gasteiger partial charge in [0.1, 0.15) is 0 Å². The fourth-order valence-electron chi connectivity index (χ4n) is 3.71. The molecule has 1 aliphatic carbocycles. The van der Waals surface area contributed by atoms with Crippen LogP contribution in [0.25, 0.3) is 0 Å². The molecular weight excluding hydrogens is 230 g/mol. The maximum Gasteiger partial charge on any atom is 0.00924 e. The van der Waals surface area contributed by atoms with Crippen LogP contribution in [0.2, 0.25) is 0 Å². The van der Waals surface area contributed by atoms with Crippen molar-refractivity contribution in [3.8, 4) is 0 Å². The SMILES string of the molecule is CCCCCCCCC(NC)C1CCC(C)C(C)C1. The van der Waals surface area contributed by atoms with Gasteiger partial charge in [-0.1, -0.05) is 65.7 Å². The lowest BCUT2D eigenvalue weighted by Gasteiger charge is -2.36. The molecule has 1 heteroatoms. The van der Waals surface area contributed by atoms with Gasteiger partial charge in [-0.15, -0.1) is 0 Å². The normalized spacial score (nSPS) is 29.4. The molecule has 1 rings (SSSR count). The molecule has 0 aromatic rings. The second-order valence-corrected chi connectivity index (χ2v) is 6.98. The van der Waals surface area contributed by atoms with Gasteiger partial charge >= 0.3 is 0 Å². The van der Waals surface area contributed by atoms with Crippen LogP contribution in [0.4, 0.5) is 0 Å². The zero-order valence-corrected chi connectivity index (χ0v) is 13.9. The third-order valence-electron chi connectivity index (χ3n) is 5.45. The molecule has 0 amide bonds. The van der Waals surface area contributed by atoms with Gasteiger partial charge in [-0.05, 0) is 44.1 Å². The predicted molar refractivity (Wildman–Crippen MR) is 86.5 cm³/mol. The smallest absolute Gasteiger partial charge is 0.00924 e. The highest BCUT2D eigenvalue weighted by Gasteiger charge is 2.28. The van der Waals surface area contributed by atoms with Gasteiger partial charge in [0.2, 0.25) is 0 Å². The Morgan fingerprint density at radius 1 is 0.947 bits per heavy atom. The molecule has 1 saturated carbocycles. The summed E-state index contributed by atoms with van der Waals surface area (Å²) in [7, 11) is 2.17. The molecule has 0 aromatic carbocycles. The lowest BCUT2D eigenvalue weighted by molar-refractivity contribution is 0.168. The predicted octanol–water partition coefficient (Wildman–Crippen LogP) is 5.40. The summed E-state index contributed by atoms with van der Waals surface area (Å²) in [5.41, 5.74) is 0. The summed E-state index contributed by atoms with van der Waals surface area (Å²) >= 11 is 0. The fourth-order valence-corrected chi connectivity index (χ4v) is 3.71. The second-order valence-electron chi connectivity index (χ2n) is 6.98. The Hall–Kier alpha value is -0.0400. The largest absolute Gasteiger partial charge is 0.317 e. The molecule has 1 N–H and O–H groups in total. The second kappa shape index (κ2) is 9.80. The molecule has 0 heterocycles. The maximum atomic E-state index is 3.61. The molecule has 0 aromatic heterocycles. The van der Waals surface area contributed by atoms with Gasteiger partial charge in [-0.25, -0.2) is 0 Å². The Bertz CT molecular complexity index is 214. The average molecular weight is 268 g/mol. The first-order valence-corrected chi connectivity index (χ1v) is 8.86. The summed E-state index contributed by atoms with van der Waals surface area (Å²) < 4.78 is 0. The molecule has 0 aliphatic heterocycles. The van der Waals surface area contributed by atoms with E-state index in [1.165, 1.54) is 64.2 Å². The Balaban J connectivity index is 2.18. The fraction of sp³-hybridized carbons (Fsp3) is 1.00. The summed E-state index contributed by atoms with van der Waals surface area (Å²) in [4.78, 5) is 0. The minimum atomic E-state index is 0.779. The number of hydrogen-bond acceptors (Lipinski definition) is 1. The molecule has 0 bridgehead atoms. The maximum absolute atomic E-state index is 3.61. The Morgan fingerprint density at radius 2 is 1.63 bits per heavy atom. The van der Waals surface area contributed by atoms with E-state index in [2.05, 4.69) is 33.1 Å². The van der Waals surface area contributed by atoms with Crippen LogP contribution >= 0.6 is 0 Å². The number of nitrogens with one attached hydrogen (secondary N) is 1. The number of unbranched alkanes of at least 4 members (excludes halogenated alkanes) is 5. The standard InChI is InChI=1S/C18H37N/c1-5-6-7-8-9-10-11-18(19-4)17-13-12-15(2)16(3)14-17/h15-19H,5-14H2,1-4H3. The van der Waals surface area contributed by atoms with Crippen molar-refractivity contribution in [2.45, 2.75) is 91.0 Å². The summed E-state index contributed by atoms with van der Waals surface area (Å²) in [5, 5.41) is 3.61. The molecule has 0 saturated heterocycles. The zero-order valence-electron chi connectivity index (χ0n) is 13.9. The summed E-state index contributed by atoms with van der Waals surface area (Å²) in [6.45, 7) is 7.18. The van der Waals surface area contributed by atoms with Crippen LogP contribution < -0.4 is 5.32 Å². The van der Waals surface area contributed by atoms with Gasteiger partial charge in [0.25, 0.3) is 0 Å². The number of hydrogen-bond donors (Lipinski definition) is 1. The van der Waals surface area contributed by atoms with Crippen LogP contribution in [-0.4, -0.2) is 13.1 Å². The molecule has 1 fully saturated rings. The molecule has 4 unspecified atom stereocenters. The molecular formula is C18H37N. The van der Waals surface area contributed by atoms with E-state index in [0.29, 0.717) is 0 Å². The van der Waals surface area contributed by atoms with E-state index < -0.39 is 0 Å². The molecule has 4 atom stereocenters. The van der Waals surface area contributed by atoms with Crippen molar-refractivity contribution in [2.75, 3.05) is 7.05 Å². The van der Waals surface area contributed by atoms with Crippen molar-refractivity contribution >= 4 is 0 Å². The highest BCUT2D eigenvalue weighted by atomic mass is 14.9. The van der Waals surface area contributed by atoms with E-state index in [1.807, 2.05) is 0 Å². The van der Waals surface area contributed by atoms with Gasteiger partial charge in [0, 0.05) is 6.04 Å². The lowest BCUT2D eigenvalue weighted by atomic mass is 9.72. The van der Waals surface area contributed by atoms with E-state index in [9.17, 15) is 0 Å². The van der Waals surface area contributed by atoms with E-state index in [4.69, 9.17) is 0 Å². The summed E-state index contributed by atoms with van der Waals surface area (Å²) in [6.07, 6.45) is 14.3. The molecule has 1 nitrogen and oxygen atoms in total. The van der Waals surface area contributed by atoms with E-state index in [1.54, 1.807) is 0 Å². The van der Waals surface area contributed by atoms with Gasteiger partial charge < -0.3 is 5.32 Å². The highest BCUT2D eigenvalue weighted by Crippen LogP contribution is 2.36. The first-order valence-electron chi connectivity index (χ1n) is 8.86. The Morgan fingerprint density at radius 3 is 2.26 bits per heavy atom. The van der Waals surface area contributed by atoms with Crippen LogP contribution in [0.5, 0.6) is 0 Å².